The zero-order chi connectivity index (χ0) is 36.1. The van der Waals surface area contributed by atoms with Crippen LogP contribution in [-0.4, -0.2) is 95.9 Å². The average Bonchev–Trinajstić information content (AvgIpc) is 3.69. The summed E-state index contributed by atoms with van der Waals surface area (Å²) in [6.07, 6.45) is 5.54. The van der Waals surface area contributed by atoms with Gasteiger partial charge in [-0.1, -0.05) is 12.1 Å². The van der Waals surface area contributed by atoms with Crippen molar-refractivity contribution in [2.75, 3.05) is 45.7 Å². The Morgan fingerprint density at radius 1 is 1.19 bits per heavy atom. The van der Waals surface area contributed by atoms with E-state index in [4.69, 9.17) is 15.0 Å². The highest BCUT2D eigenvalue weighted by Gasteiger charge is 2.50. The first kappa shape index (κ1) is 39.7. The second-order valence-corrected chi connectivity index (χ2v) is 12.7. The third-order valence-electron chi connectivity index (χ3n) is 7.71. The van der Waals surface area contributed by atoms with Crippen LogP contribution < -0.4 is 10.2 Å². The van der Waals surface area contributed by atoms with Gasteiger partial charge in [0.05, 0.1) is 11.6 Å². The van der Waals surface area contributed by atoms with E-state index in [0.717, 1.165) is 37.1 Å². The van der Waals surface area contributed by atoms with E-state index in [1.807, 2.05) is 6.07 Å². The van der Waals surface area contributed by atoms with Crippen molar-refractivity contribution in [1.29, 1.82) is 5.26 Å². The van der Waals surface area contributed by atoms with Crippen LogP contribution in [0, 0.1) is 11.3 Å². The maximum absolute atomic E-state index is 13.6. The summed E-state index contributed by atoms with van der Waals surface area (Å²) >= 11 is 0. The average molecular weight is 691 g/mol. The standard InChI is InChI=1S/C12H22N2O2.C11H11F2N2O4P.C9H8N2O/c1-11(16)14(8-4-10-15)9-6-12-5-3-7-13(12)2;1-14-10(16)9-5-6-4-7(2-3-8(6)15-9)11(12,13)20(17,18)19;1-11(7-12)9-4-2-3-8(5-9)6-10/h10,12H,3-9H2,1-2H3;2-5,15H,1H3,(H,14,16)(H2,17,18,19);2-5,7H,1H3. The third-order valence-corrected chi connectivity index (χ3v) is 8.70. The number of hydrogen-bond acceptors (Lipinski definition) is 7. The number of anilines is 1. The summed E-state index contributed by atoms with van der Waals surface area (Å²) < 4.78 is 38.0. The quantitative estimate of drug-likeness (QED) is 0.171. The molecule has 260 valence electrons. The molecule has 2 aromatic carbocycles. The van der Waals surface area contributed by atoms with E-state index in [2.05, 4.69) is 22.2 Å². The van der Waals surface area contributed by atoms with E-state index in [1.54, 1.807) is 43.1 Å². The minimum atomic E-state index is -5.61. The SMILES string of the molecule is CC(=O)N(CCC=O)CCC1CCCN1C.CN(C=O)c1cccc(C#N)c1.CNC(=O)c1cc2cc(C(F)(F)P(=O)(O)O)ccc2[nH]1. The summed E-state index contributed by atoms with van der Waals surface area (Å²) in [5.41, 5.74) is -3.22. The molecule has 13 nitrogen and oxygen atoms in total. The summed E-state index contributed by atoms with van der Waals surface area (Å²) in [5, 5.41) is 11.2. The molecule has 1 unspecified atom stereocenters. The second-order valence-electron chi connectivity index (χ2n) is 11.1. The summed E-state index contributed by atoms with van der Waals surface area (Å²) in [6, 6.07) is 13.9. The number of nitrogens with one attached hydrogen (secondary N) is 2. The van der Waals surface area contributed by atoms with E-state index in [-0.39, 0.29) is 17.0 Å². The summed E-state index contributed by atoms with van der Waals surface area (Å²) in [6.45, 7) is 4.08. The van der Waals surface area contributed by atoms with Gasteiger partial charge in [-0.15, -0.1) is 0 Å². The number of carbonyl (C=O) groups is 4. The molecule has 0 bridgehead atoms. The molecule has 1 atom stereocenters. The van der Waals surface area contributed by atoms with E-state index in [1.165, 1.54) is 43.5 Å². The minimum Gasteiger partial charge on any atom is -0.354 e. The highest BCUT2D eigenvalue weighted by atomic mass is 31.2. The molecule has 0 spiro atoms. The van der Waals surface area contributed by atoms with Crippen LogP contribution in [0.3, 0.4) is 0 Å². The van der Waals surface area contributed by atoms with Crippen LogP contribution in [0.15, 0.2) is 48.5 Å². The number of aldehydes is 1. The highest BCUT2D eigenvalue weighted by Crippen LogP contribution is 2.59. The Balaban J connectivity index is 0.000000259. The predicted octanol–water partition coefficient (Wildman–Crippen LogP) is 3.81. The molecule has 0 aliphatic carbocycles. The van der Waals surface area contributed by atoms with E-state index < -0.39 is 24.7 Å². The van der Waals surface area contributed by atoms with Gasteiger partial charge in [0.15, 0.2) is 0 Å². The Morgan fingerprint density at radius 2 is 1.90 bits per heavy atom. The topological polar surface area (TPSA) is 187 Å². The summed E-state index contributed by atoms with van der Waals surface area (Å²) in [5.74, 6) is -0.355. The molecule has 0 radical (unpaired) electrons. The number of nitriles is 1. The van der Waals surface area contributed by atoms with Crippen LogP contribution in [0.1, 0.15) is 54.2 Å². The first-order valence-corrected chi connectivity index (χ1v) is 16.6. The fourth-order valence-electron chi connectivity index (χ4n) is 4.88. The van der Waals surface area contributed by atoms with Gasteiger partial charge >= 0.3 is 13.3 Å². The number of likely N-dealkylation sites (tertiary alicyclic amines) is 1. The normalized spacial score (nSPS) is 14.4. The first-order chi connectivity index (χ1) is 22.6. The molecule has 3 aromatic rings. The molecule has 1 aliphatic rings. The molecule has 0 saturated carbocycles. The fraction of sp³-hybridized carbons (Fsp3) is 0.406. The van der Waals surface area contributed by atoms with Crippen LogP contribution in [0.25, 0.3) is 10.9 Å². The Hall–Kier alpha value is -4.48. The lowest BCUT2D eigenvalue weighted by molar-refractivity contribution is -0.129. The summed E-state index contributed by atoms with van der Waals surface area (Å²) in [7, 11) is -0.409. The summed E-state index contributed by atoms with van der Waals surface area (Å²) in [4.78, 5) is 69.0. The number of hydrogen-bond donors (Lipinski definition) is 4. The number of benzene rings is 2. The minimum absolute atomic E-state index is 0.0718. The molecule has 2 heterocycles. The first-order valence-electron chi connectivity index (χ1n) is 15.0. The number of rotatable bonds is 11. The van der Waals surface area contributed by atoms with E-state index in [9.17, 15) is 32.5 Å². The number of aromatic nitrogens is 1. The number of fused-ring (bicyclic) bond motifs is 1. The number of aromatic amines is 1. The van der Waals surface area contributed by atoms with Crippen LogP contribution in [0.2, 0.25) is 0 Å². The monoisotopic (exact) mass is 690 g/mol. The molecule has 4 rings (SSSR count). The largest absolute Gasteiger partial charge is 0.399 e. The lowest BCUT2D eigenvalue weighted by atomic mass is 10.1. The van der Waals surface area contributed by atoms with Gasteiger partial charge in [-0.25, -0.2) is 0 Å². The zero-order valence-electron chi connectivity index (χ0n) is 27.2. The van der Waals surface area contributed by atoms with Gasteiger partial charge in [0.1, 0.15) is 12.0 Å². The molecule has 1 aliphatic heterocycles. The van der Waals surface area contributed by atoms with Gasteiger partial charge < -0.3 is 39.6 Å². The number of carbonyl (C=O) groups excluding carboxylic acids is 4. The maximum Gasteiger partial charge on any atom is 0.399 e. The van der Waals surface area contributed by atoms with Crippen molar-refractivity contribution in [2.24, 2.45) is 0 Å². The third kappa shape index (κ3) is 11.1. The van der Waals surface area contributed by atoms with E-state index in [0.29, 0.717) is 36.5 Å². The van der Waals surface area contributed by atoms with Crippen molar-refractivity contribution in [3.05, 3.63) is 65.4 Å². The van der Waals surface area contributed by atoms with E-state index >= 15 is 0 Å². The van der Waals surface area contributed by atoms with Gasteiger partial charge in [0.25, 0.3) is 5.91 Å². The molecule has 1 aromatic heterocycles. The number of alkyl halides is 2. The highest BCUT2D eigenvalue weighted by molar-refractivity contribution is 7.52. The maximum atomic E-state index is 13.6. The molecule has 48 heavy (non-hydrogen) atoms. The van der Waals surface area contributed by atoms with Crippen molar-refractivity contribution >= 4 is 48.7 Å². The molecular formula is C32H41F2N6O7P. The number of nitrogens with zero attached hydrogens (tertiary/aromatic N) is 4. The molecule has 3 amide bonds. The smallest absolute Gasteiger partial charge is 0.354 e. The van der Waals surface area contributed by atoms with Crippen LogP contribution in [0.4, 0.5) is 14.5 Å². The fourth-order valence-corrected chi connectivity index (χ4v) is 5.36. The second kappa shape index (κ2) is 18.2. The number of halogens is 2. The van der Waals surface area contributed by atoms with Gasteiger partial charge in [0.2, 0.25) is 12.3 Å². The van der Waals surface area contributed by atoms with Crippen molar-refractivity contribution < 1.29 is 42.3 Å². The van der Waals surface area contributed by atoms with Gasteiger partial charge in [0, 0.05) is 68.7 Å². The Kier molecular flexibility index (Phi) is 15.0. The molecule has 4 N–H and O–H groups in total. The lowest BCUT2D eigenvalue weighted by Crippen LogP contribution is -2.35. The van der Waals surface area contributed by atoms with Crippen LogP contribution >= 0.6 is 7.60 Å². The molecule has 1 fully saturated rings. The van der Waals surface area contributed by atoms with Gasteiger partial charge in [-0.05, 0) is 69.3 Å². The van der Waals surface area contributed by atoms with Gasteiger partial charge in [-0.3, -0.25) is 18.9 Å². The number of amides is 3. The molecule has 1 saturated heterocycles. The van der Waals surface area contributed by atoms with Crippen molar-refractivity contribution in [1.82, 2.24) is 20.1 Å². The Bertz CT molecular complexity index is 1660. The predicted molar refractivity (Wildman–Crippen MR) is 176 cm³/mol. The van der Waals surface area contributed by atoms with Gasteiger partial charge in [-0.2, -0.15) is 14.0 Å². The van der Waals surface area contributed by atoms with Crippen molar-refractivity contribution in [3.8, 4) is 6.07 Å². The Labute approximate surface area is 277 Å². The van der Waals surface area contributed by atoms with Crippen molar-refractivity contribution in [2.45, 2.75) is 44.3 Å². The number of H-pyrrole nitrogens is 1. The Morgan fingerprint density at radius 3 is 2.44 bits per heavy atom. The lowest BCUT2D eigenvalue weighted by Gasteiger charge is -2.25. The van der Waals surface area contributed by atoms with Crippen LogP contribution in [0.5, 0.6) is 0 Å². The van der Waals surface area contributed by atoms with Crippen molar-refractivity contribution in [3.63, 3.8) is 0 Å². The molecular weight excluding hydrogens is 649 g/mol. The van der Waals surface area contributed by atoms with Crippen LogP contribution in [-0.2, 0) is 24.6 Å². The molecule has 16 heteroatoms. The zero-order valence-corrected chi connectivity index (χ0v) is 28.1.